The molecule has 13 heavy (non-hydrogen) atoms. The summed E-state index contributed by atoms with van der Waals surface area (Å²) in [5.74, 6) is 0. The predicted octanol–water partition coefficient (Wildman–Crippen LogP) is -4.11. The molecule has 1 rings (SSSR count). The van der Waals surface area contributed by atoms with E-state index in [1.165, 1.54) is 0 Å². The fraction of sp³-hybridized carbons (Fsp3) is 0. The van der Waals surface area contributed by atoms with Gasteiger partial charge in [-0.1, -0.05) is 0 Å². The summed E-state index contributed by atoms with van der Waals surface area (Å²) in [6.45, 7) is 0. The average Bonchev–Trinajstić information content (AvgIpc) is 2.04. The van der Waals surface area contributed by atoms with Gasteiger partial charge in [0.15, 0.2) is 0 Å². The van der Waals surface area contributed by atoms with Gasteiger partial charge >= 0.3 is 105 Å². The fourth-order valence-corrected chi connectivity index (χ4v) is 3.81. The van der Waals surface area contributed by atoms with Gasteiger partial charge in [0.05, 0.1) is 0 Å². The van der Waals surface area contributed by atoms with Crippen LogP contribution in [0.1, 0.15) is 5.56 Å². The van der Waals surface area contributed by atoms with Crippen molar-refractivity contribution in [2.75, 3.05) is 0 Å². The molecule has 0 amide bonds. The van der Waals surface area contributed by atoms with Gasteiger partial charge in [-0.2, -0.15) is 0 Å². The molecule has 58 valence electrons. The number of hydrogen-bond donors (Lipinski definition) is 0. The van der Waals surface area contributed by atoms with E-state index < -0.39 is 21.2 Å². The van der Waals surface area contributed by atoms with Crippen molar-refractivity contribution >= 4 is 41.4 Å². The van der Waals surface area contributed by atoms with E-state index in [4.69, 9.17) is 10.5 Å². The predicted molar refractivity (Wildman–Crippen MR) is 46.2 cm³/mol. The van der Waals surface area contributed by atoms with E-state index in [0.717, 1.165) is 12.4 Å². The molecule has 0 aliphatic carbocycles. The molecular formula is C8H2Al2IN2-. The monoisotopic (exact) mass is 307 g/mol. The second kappa shape index (κ2) is 5.02. The zero-order valence-corrected chi connectivity index (χ0v) is 11.0. The van der Waals surface area contributed by atoms with E-state index in [0.29, 0.717) is 5.56 Å². The van der Waals surface area contributed by atoms with Crippen LogP contribution in [0.5, 0.6) is 0 Å². The molecule has 5 heteroatoms. The molecule has 0 fully saturated rings. The van der Waals surface area contributed by atoms with E-state index in [9.17, 15) is 0 Å². The summed E-state index contributed by atoms with van der Waals surface area (Å²) < 4.78 is 4.99. The normalized spacial score (nSPS) is 9.08. The molecule has 0 bridgehead atoms. The number of rotatable bonds is 1. The van der Waals surface area contributed by atoms with Crippen molar-refractivity contribution in [1.82, 2.24) is 0 Å². The van der Waals surface area contributed by atoms with Crippen molar-refractivity contribution in [1.29, 1.82) is 10.5 Å². The minimum atomic E-state index is -0.552. The van der Waals surface area contributed by atoms with Crippen molar-refractivity contribution in [2.24, 2.45) is 0 Å². The number of nitriles is 2. The Hall–Kier alpha value is -0.00506. The molecule has 0 spiro atoms. The first-order valence-electron chi connectivity index (χ1n) is 3.31. The van der Waals surface area contributed by atoms with Crippen molar-refractivity contribution < 1.29 is 21.2 Å². The second-order valence-corrected chi connectivity index (χ2v) is 5.76. The minimum absolute atomic E-state index is 0.552. The molecule has 0 unspecified atom stereocenters. The molecule has 1 aromatic rings. The number of halogens is 1. The van der Waals surface area contributed by atoms with E-state index in [2.05, 4.69) is 42.7 Å². The Labute approximate surface area is 104 Å². The summed E-state index contributed by atoms with van der Waals surface area (Å²) in [7, 11) is 0. The van der Waals surface area contributed by atoms with Gasteiger partial charge in [-0.25, -0.2) is 0 Å². The summed E-state index contributed by atoms with van der Waals surface area (Å²) in [4.78, 5) is 0. The van der Waals surface area contributed by atoms with Gasteiger partial charge < -0.3 is 0 Å². The zero-order chi connectivity index (χ0) is 9.84. The van der Waals surface area contributed by atoms with Crippen LogP contribution in [0.3, 0.4) is 0 Å². The van der Waals surface area contributed by atoms with Crippen molar-refractivity contribution in [3.8, 4) is 10.1 Å². The van der Waals surface area contributed by atoms with Crippen LogP contribution in [-0.4, -0.2) is 32.6 Å². The second-order valence-electron chi connectivity index (χ2n) is 2.25. The van der Waals surface area contributed by atoms with Gasteiger partial charge in [-0.15, -0.1) is 0 Å². The van der Waals surface area contributed by atoms with Crippen LogP contribution in [-0.2, 0) is 0 Å². The summed E-state index contributed by atoms with van der Waals surface area (Å²) in [6.07, 6.45) is 0. The Morgan fingerprint density at radius 2 is 1.69 bits per heavy atom. The van der Waals surface area contributed by atoms with Crippen LogP contribution in [0, 0.1) is 24.2 Å². The number of nitrogens with zero attached hydrogens (tertiary/aromatic N) is 2. The zero-order valence-electron chi connectivity index (χ0n) is 6.58. The van der Waals surface area contributed by atoms with Crippen LogP contribution in [0.15, 0.2) is 12.1 Å². The van der Waals surface area contributed by atoms with E-state index in [1.807, 2.05) is 12.1 Å². The van der Waals surface area contributed by atoms with Gasteiger partial charge in [-0.05, 0) is 0 Å². The molecule has 0 aliphatic heterocycles. The molecule has 0 N–H and O–H groups in total. The van der Waals surface area contributed by atoms with Crippen LogP contribution < -0.4 is 30.1 Å². The SMILES string of the molecule is N#C[I-]c1c[c]([Al])c(C#N)[c]([Al])c1. The van der Waals surface area contributed by atoms with E-state index in [1.54, 1.807) is 0 Å². The first kappa shape index (κ1) is 11.1. The Kier molecular flexibility index (Phi) is 4.28. The quantitative estimate of drug-likeness (QED) is 0.391. The van der Waals surface area contributed by atoms with Gasteiger partial charge in [0, 0.05) is 0 Å². The molecular weight excluding hydrogens is 305 g/mol. The molecule has 0 saturated carbocycles. The first-order chi connectivity index (χ1) is 6.19. The molecule has 2 nitrogen and oxygen atoms in total. The maximum absolute atomic E-state index is 8.79. The number of hydrogen-bond acceptors (Lipinski definition) is 2. The van der Waals surface area contributed by atoms with Crippen LogP contribution >= 0.6 is 0 Å². The summed E-state index contributed by atoms with van der Waals surface area (Å²) >= 11 is 4.49. The summed E-state index contributed by atoms with van der Waals surface area (Å²) in [6, 6.07) is 5.91. The molecule has 1 aromatic carbocycles. The van der Waals surface area contributed by atoms with E-state index in [-0.39, 0.29) is 0 Å². The van der Waals surface area contributed by atoms with Gasteiger partial charge in [0.1, 0.15) is 0 Å². The van der Waals surface area contributed by atoms with Gasteiger partial charge in [0.2, 0.25) is 0 Å². The number of benzene rings is 1. The summed E-state index contributed by atoms with van der Waals surface area (Å²) in [5, 5.41) is 17.3. The van der Waals surface area contributed by atoms with Crippen molar-refractivity contribution in [3.05, 3.63) is 21.3 Å². The Balaban J connectivity index is 3.24. The molecule has 0 aliphatic rings. The fourth-order valence-electron chi connectivity index (χ4n) is 0.882. The third-order valence-electron chi connectivity index (χ3n) is 1.43. The Morgan fingerprint density at radius 1 is 1.15 bits per heavy atom. The van der Waals surface area contributed by atoms with Crippen molar-refractivity contribution in [2.45, 2.75) is 0 Å². The first-order valence-corrected chi connectivity index (χ1v) is 6.62. The van der Waals surface area contributed by atoms with E-state index >= 15 is 0 Å². The molecule has 4 radical (unpaired) electrons. The average molecular weight is 307 g/mol. The molecule has 0 atom stereocenters. The topological polar surface area (TPSA) is 47.6 Å². The van der Waals surface area contributed by atoms with Crippen LogP contribution in [0.4, 0.5) is 0 Å². The Bertz CT molecular complexity index is 394. The van der Waals surface area contributed by atoms with Gasteiger partial charge in [-0.3, -0.25) is 0 Å². The third-order valence-corrected chi connectivity index (χ3v) is 3.82. The standard InChI is InChI=1S/C8H2IN2.2Al/c10-5-7-1-3-8(4-2-7)9-6-11;;/h3-4H;;/q-1;;. The third kappa shape index (κ3) is 2.72. The summed E-state index contributed by atoms with van der Waals surface area (Å²) in [5.41, 5.74) is 0.667. The van der Waals surface area contributed by atoms with Crippen LogP contribution in [0.25, 0.3) is 0 Å². The molecule has 0 saturated heterocycles. The Morgan fingerprint density at radius 3 is 2.08 bits per heavy atom. The van der Waals surface area contributed by atoms with Crippen LogP contribution in [0.2, 0.25) is 0 Å². The van der Waals surface area contributed by atoms with Gasteiger partial charge in [0.25, 0.3) is 0 Å². The van der Waals surface area contributed by atoms with Crippen molar-refractivity contribution in [3.63, 3.8) is 0 Å². The molecule has 0 heterocycles. The maximum atomic E-state index is 8.79. The molecule has 0 aromatic heterocycles.